The number of quaternary nitrogens is 1. The Labute approximate surface area is 237 Å². The molecule has 0 bridgehead atoms. The average molecular weight is 558 g/mol. The Balaban J connectivity index is 1.56. The zero-order valence-electron chi connectivity index (χ0n) is 24.6. The van der Waals surface area contributed by atoms with Crippen molar-refractivity contribution in [3.63, 3.8) is 0 Å². The number of fused-ring (bicyclic) bond motifs is 1. The summed E-state index contributed by atoms with van der Waals surface area (Å²) < 4.78 is 17.6. The number of carbonyl (C=O) groups excluding carboxylic acids is 1. The predicted molar refractivity (Wildman–Crippen MR) is 150 cm³/mol. The molecular formula is C30H45N4O6+. The van der Waals surface area contributed by atoms with Gasteiger partial charge in [-0.25, -0.2) is 4.98 Å². The van der Waals surface area contributed by atoms with Gasteiger partial charge in [-0.2, -0.15) is 0 Å². The van der Waals surface area contributed by atoms with E-state index in [2.05, 4.69) is 38.0 Å². The third-order valence-electron chi connectivity index (χ3n) is 7.91. The Bertz CT molecular complexity index is 1160. The number of unbranched alkanes of at least 4 members (excludes halogenated alkanes) is 1. The van der Waals surface area contributed by atoms with Crippen LogP contribution < -0.4 is 9.47 Å². The lowest BCUT2D eigenvalue weighted by Crippen LogP contribution is -2.45. The van der Waals surface area contributed by atoms with Gasteiger partial charge in [-0.15, -0.1) is 0 Å². The van der Waals surface area contributed by atoms with Gasteiger partial charge in [0.1, 0.15) is 5.76 Å². The highest BCUT2D eigenvalue weighted by atomic mass is 16.7. The van der Waals surface area contributed by atoms with Crippen molar-refractivity contribution in [1.82, 2.24) is 14.8 Å². The smallest absolute Gasteiger partial charge is 0.308 e. The lowest BCUT2D eigenvalue weighted by Gasteiger charge is -2.30. The molecule has 10 heteroatoms. The predicted octanol–water partition coefficient (Wildman–Crippen LogP) is 3.54. The molecule has 1 fully saturated rings. The van der Waals surface area contributed by atoms with Gasteiger partial charge in [0, 0.05) is 44.4 Å². The molecule has 2 aliphatic rings. The third-order valence-corrected chi connectivity index (χ3v) is 7.91. The number of benzene rings is 1. The third kappa shape index (κ3) is 7.54. The van der Waals surface area contributed by atoms with Gasteiger partial charge in [-0.1, -0.05) is 19.4 Å². The molecule has 1 aromatic carbocycles. The molecule has 2 aromatic rings. The number of rotatable bonds is 14. The molecule has 220 valence electrons. The van der Waals surface area contributed by atoms with E-state index in [4.69, 9.17) is 13.9 Å². The van der Waals surface area contributed by atoms with Crippen LogP contribution in [-0.4, -0.2) is 103 Å². The molecule has 3 heterocycles. The quantitative estimate of drug-likeness (QED) is 0.352. The minimum Gasteiger partial charge on any atom is -0.481 e. The average Bonchev–Trinajstić information content (AvgIpc) is 3.61. The zero-order valence-corrected chi connectivity index (χ0v) is 24.6. The molecule has 10 nitrogen and oxygen atoms in total. The molecule has 3 atom stereocenters. The summed E-state index contributed by atoms with van der Waals surface area (Å²) in [6, 6.07) is 5.31. The monoisotopic (exact) mass is 557 g/mol. The second-order valence-electron chi connectivity index (χ2n) is 12.1. The number of carbonyl (C=O) groups is 2. The number of aryl methyl sites for hydroxylation is 2. The number of amides is 1. The number of hydrogen-bond acceptors (Lipinski definition) is 7. The van der Waals surface area contributed by atoms with Gasteiger partial charge in [-0.05, 0) is 37.5 Å². The zero-order chi connectivity index (χ0) is 28.9. The summed E-state index contributed by atoms with van der Waals surface area (Å²) in [7, 11) is 6.47. The number of ether oxygens (including phenoxy) is 2. The lowest BCUT2D eigenvalue weighted by atomic mass is 9.83. The highest BCUT2D eigenvalue weighted by molar-refractivity contribution is 5.79. The van der Waals surface area contributed by atoms with Gasteiger partial charge in [0.15, 0.2) is 17.4 Å². The lowest BCUT2D eigenvalue weighted by molar-refractivity contribution is -0.870. The Morgan fingerprint density at radius 1 is 1.15 bits per heavy atom. The maximum absolute atomic E-state index is 13.7. The topological polar surface area (TPSA) is 105 Å². The number of carboxylic acid groups (broad SMARTS) is 1. The number of oxazole rings is 1. The Hall–Kier alpha value is -3.11. The standard InChI is InChI=1S/C30H44N4O6/c1-6-7-13-32(14-8-15-34(3,4)5)28(35)19-33-18-23(22-9-11-25-26(16-22)39-20-38-25)29(30(36)37)24(33)10-12-27-31-17-21(2)40-27/h9,11,16-17,23-24,29H,6-8,10,12-15,18-20H2,1-5H3/p+1/t23-,24+,29?/m1/s1. The first-order valence-electron chi connectivity index (χ1n) is 14.4. The van der Waals surface area contributed by atoms with Crippen LogP contribution in [0.2, 0.25) is 0 Å². The van der Waals surface area contributed by atoms with Crippen molar-refractivity contribution in [2.24, 2.45) is 5.92 Å². The molecule has 1 unspecified atom stereocenters. The molecule has 0 radical (unpaired) electrons. The fourth-order valence-electron chi connectivity index (χ4n) is 5.84. The summed E-state index contributed by atoms with van der Waals surface area (Å²) in [4.78, 5) is 34.9. The molecule has 1 aromatic heterocycles. The van der Waals surface area contributed by atoms with Crippen molar-refractivity contribution in [3.05, 3.63) is 41.6 Å². The molecule has 1 N–H and O–H groups in total. The minimum atomic E-state index is -0.864. The Morgan fingerprint density at radius 3 is 2.58 bits per heavy atom. The Kier molecular flexibility index (Phi) is 9.73. The van der Waals surface area contributed by atoms with E-state index in [0.717, 1.165) is 41.6 Å². The van der Waals surface area contributed by atoms with Gasteiger partial charge in [0.05, 0.1) is 46.3 Å². The van der Waals surface area contributed by atoms with Crippen LogP contribution in [0, 0.1) is 12.8 Å². The fraction of sp³-hybridized carbons (Fsp3) is 0.633. The van der Waals surface area contributed by atoms with Crippen molar-refractivity contribution in [3.8, 4) is 11.5 Å². The number of hydrogen-bond donors (Lipinski definition) is 1. The van der Waals surface area contributed by atoms with Gasteiger partial charge in [-0.3, -0.25) is 14.5 Å². The normalized spacial score (nSPS) is 20.7. The molecule has 40 heavy (non-hydrogen) atoms. The molecule has 0 spiro atoms. The van der Waals surface area contributed by atoms with Crippen molar-refractivity contribution in [2.75, 3.05) is 60.7 Å². The number of aliphatic carboxylic acids is 1. The molecule has 1 saturated heterocycles. The Morgan fingerprint density at radius 2 is 1.90 bits per heavy atom. The van der Waals surface area contributed by atoms with Crippen molar-refractivity contribution in [1.29, 1.82) is 0 Å². The second kappa shape index (κ2) is 13.0. The molecule has 0 aliphatic carbocycles. The van der Waals surface area contributed by atoms with Gasteiger partial charge in [0.2, 0.25) is 12.7 Å². The number of likely N-dealkylation sites (tertiary alicyclic amines) is 1. The first-order valence-corrected chi connectivity index (χ1v) is 14.4. The summed E-state index contributed by atoms with van der Waals surface area (Å²) in [6.07, 6.45) is 5.58. The molecule has 0 saturated carbocycles. The van der Waals surface area contributed by atoms with E-state index in [-0.39, 0.29) is 31.2 Å². The maximum Gasteiger partial charge on any atom is 0.308 e. The summed E-state index contributed by atoms with van der Waals surface area (Å²) in [5, 5.41) is 10.5. The van der Waals surface area contributed by atoms with E-state index >= 15 is 0 Å². The van der Waals surface area contributed by atoms with Crippen LogP contribution in [0.15, 0.2) is 28.8 Å². The van der Waals surface area contributed by atoms with Crippen LogP contribution in [0.5, 0.6) is 11.5 Å². The van der Waals surface area contributed by atoms with Crippen molar-refractivity contribution >= 4 is 11.9 Å². The van der Waals surface area contributed by atoms with Gasteiger partial charge < -0.3 is 28.4 Å². The van der Waals surface area contributed by atoms with E-state index in [1.807, 2.05) is 30.0 Å². The summed E-state index contributed by atoms with van der Waals surface area (Å²) in [6.45, 7) is 7.19. The van der Waals surface area contributed by atoms with Crippen LogP contribution >= 0.6 is 0 Å². The molecule has 4 rings (SSSR count). The van der Waals surface area contributed by atoms with Gasteiger partial charge in [0.25, 0.3) is 0 Å². The fourth-order valence-corrected chi connectivity index (χ4v) is 5.84. The largest absolute Gasteiger partial charge is 0.481 e. The number of nitrogens with zero attached hydrogens (tertiary/aromatic N) is 4. The van der Waals surface area contributed by atoms with Crippen molar-refractivity contribution < 1.29 is 33.1 Å². The first-order chi connectivity index (χ1) is 19.1. The van der Waals surface area contributed by atoms with Crippen LogP contribution in [-0.2, 0) is 16.0 Å². The van der Waals surface area contributed by atoms with Crippen LogP contribution in [0.25, 0.3) is 0 Å². The minimum absolute atomic E-state index is 0.0577. The molecular weight excluding hydrogens is 512 g/mol. The highest BCUT2D eigenvalue weighted by Gasteiger charge is 2.47. The van der Waals surface area contributed by atoms with Crippen molar-refractivity contribution in [2.45, 2.75) is 57.9 Å². The maximum atomic E-state index is 13.7. The SMILES string of the molecule is CCCCN(CCC[N+](C)(C)C)C(=O)CN1C[C@H](c2ccc3c(c2)OCO3)C(C(=O)O)[C@@H]1CCc1ncc(C)o1. The molecule has 2 aliphatic heterocycles. The first kappa shape index (κ1) is 29.9. The number of aromatic nitrogens is 1. The van der Waals surface area contributed by atoms with E-state index in [9.17, 15) is 14.7 Å². The summed E-state index contributed by atoms with van der Waals surface area (Å²) >= 11 is 0. The highest BCUT2D eigenvalue weighted by Crippen LogP contribution is 2.43. The second-order valence-corrected chi connectivity index (χ2v) is 12.1. The molecule has 1 amide bonds. The van der Waals surface area contributed by atoms with Gasteiger partial charge >= 0.3 is 5.97 Å². The van der Waals surface area contributed by atoms with Crippen LogP contribution in [0.3, 0.4) is 0 Å². The van der Waals surface area contributed by atoms with Crippen LogP contribution in [0.1, 0.15) is 55.7 Å². The summed E-state index contributed by atoms with van der Waals surface area (Å²) in [5.74, 6) is 0.818. The van der Waals surface area contributed by atoms with E-state index in [1.165, 1.54) is 0 Å². The van der Waals surface area contributed by atoms with E-state index < -0.39 is 11.9 Å². The van der Waals surface area contributed by atoms with E-state index in [1.54, 1.807) is 6.20 Å². The summed E-state index contributed by atoms with van der Waals surface area (Å²) in [5.41, 5.74) is 0.884. The van der Waals surface area contributed by atoms with E-state index in [0.29, 0.717) is 49.9 Å². The number of carboxylic acids is 1. The van der Waals surface area contributed by atoms with Crippen LogP contribution in [0.4, 0.5) is 0 Å².